The minimum absolute atomic E-state index is 0.0469. The second-order valence-corrected chi connectivity index (χ2v) is 8.69. The Balaban J connectivity index is 1.49. The maximum absolute atomic E-state index is 12.6. The molecule has 0 bridgehead atoms. The molecule has 3 aromatic heterocycles. The maximum Gasteiger partial charge on any atom is 0.290 e. The number of amides is 2. The number of carbonyl (C=O) groups excluding carboxylic acids is 2. The van der Waals surface area contributed by atoms with E-state index in [0.717, 1.165) is 48.2 Å². The summed E-state index contributed by atoms with van der Waals surface area (Å²) in [6, 6.07) is 12.7. The number of pyridine rings is 1. The zero-order valence-corrected chi connectivity index (χ0v) is 19.2. The van der Waals surface area contributed by atoms with E-state index in [1.165, 1.54) is 6.07 Å². The van der Waals surface area contributed by atoms with E-state index < -0.39 is 0 Å². The fourth-order valence-corrected chi connectivity index (χ4v) is 4.71. The number of benzene rings is 1. The fourth-order valence-electron chi connectivity index (χ4n) is 4.58. The number of halogens is 1. The van der Waals surface area contributed by atoms with Crippen LogP contribution in [0.25, 0.3) is 22.6 Å². The molecular weight excluding hydrogens is 456 g/mol. The lowest BCUT2D eigenvalue weighted by Crippen LogP contribution is -2.38. The lowest BCUT2D eigenvalue weighted by Gasteiger charge is -2.31. The minimum Gasteiger partial charge on any atom is -0.355 e. The molecule has 1 fully saturated rings. The van der Waals surface area contributed by atoms with Crippen molar-refractivity contribution in [2.45, 2.75) is 37.8 Å². The molecule has 174 valence electrons. The summed E-state index contributed by atoms with van der Waals surface area (Å²) in [6.45, 7) is 0. The van der Waals surface area contributed by atoms with Gasteiger partial charge in [0, 0.05) is 37.0 Å². The van der Waals surface area contributed by atoms with Gasteiger partial charge in [-0.2, -0.15) is 0 Å². The summed E-state index contributed by atoms with van der Waals surface area (Å²) in [5, 5.41) is 9.42. The lowest BCUT2D eigenvalue weighted by atomic mass is 9.90. The summed E-state index contributed by atoms with van der Waals surface area (Å²) >= 11 is 5.78. The van der Waals surface area contributed by atoms with Gasteiger partial charge in [-0.25, -0.2) is 4.98 Å². The van der Waals surface area contributed by atoms with Crippen molar-refractivity contribution in [1.82, 2.24) is 30.3 Å². The number of aromatic nitrogens is 4. The molecule has 5 rings (SSSR count). The van der Waals surface area contributed by atoms with Crippen LogP contribution in [-0.4, -0.2) is 44.6 Å². The van der Waals surface area contributed by atoms with Crippen LogP contribution < -0.4 is 10.6 Å². The van der Waals surface area contributed by atoms with Gasteiger partial charge in [-0.05, 0) is 56.0 Å². The second-order valence-electron chi connectivity index (χ2n) is 8.31. The highest BCUT2D eigenvalue weighted by atomic mass is 35.5. The molecule has 4 aromatic rings. The van der Waals surface area contributed by atoms with E-state index in [0.29, 0.717) is 5.56 Å². The normalized spacial score (nSPS) is 18.1. The van der Waals surface area contributed by atoms with E-state index in [4.69, 9.17) is 21.1 Å². The third kappa shape index (κ3) is 4.26. The molecule has 2 N–H and O–H groups in total. The molecule has 2 amide bonds. The number of hydrogen-bond donors (Lipinski definition) is 2. The topological polar surface area (TPSA) is 115 Å². The molecule has 1 aliphatic rings. The first-order valence-electron chi connectivity index (χ1n) is 11.1. The zero-order chi connectivity index (χ0) is 23.7. The van der Waals surface area contributed by atoms with Gasteiger partial charge in [-0.1, -0.05) is 22.8 Å². The highest BCUT2D eigenvalue weighted by molar-refractivity contribution is 6.29. The average molecular weight is 479 g/mol. The van der Waals surface area contributed by atoms with Gasteiger partial charge in [0.2, 0.25) is 5.76 Å². The Labute approximate surface area is 200 Å². The van der Waals surface area contributed by atoms with Gasteiger partial charge in [-0.15, -0.1) is 0 Å². The number of nitrogens with zero attached hydrogens (tertiary/aromatic N) is 4. The van der Waals surface area contributed by atoms with Crippen LogP contribution in [-0.2, 0) is 0 Å². The molecule has 3 heterocycles. The smallest absolute Gasteiger partial charge is 0.290 e. The van der Waals surface area contributed by atoms with Crippen LogP contribution in [0.15, 0.2) is 53.2 Å². The van der Waals surface area contributed by atoms with Crippen LogP contribution in [0, 0.1) is 0 Å². The number of fused-ring (bicyclic) bond motifs is 1. The summed E-state index contributed by atoms with van der Waals surface area (Å²) in [5.41, 5.74) is 2.95. The van der Waals surface area contributed by atoms with Crippen LogP contribution in [0.4, 0.5) is 0 Å². The number of rotatable bonds is 5. The van der Waals surface area contributed by atoms with Gasteiger partial charge < -0.3 is 19.7 Å². The second kappa shape index (κ2) is 9.26. The lowest BCUT2D eigenvalue weighted by molar-refractivity contribution is 0.0883. The van der Waals surface area contributed by atoms with Crippen LogP contribution in [0.1, 0.15) is 52.6 Å². The summed E-state index contributed by atoms with van der Waals surface area (Å²) in [7, 11) is 1.60. The van der Waals surface area contributed by atoms with Gasteiger partial charge in [0.05, 0.1) is 11.0 Å². The van der Waals surface area contributed by atoms with Crippen molar-refractivity contribution < 1.29 is 14.1 Å². The third-order valence-corrected chi connectivity index (χ3v) is 6.30. The molecule has 1 saturated carbocycles. The number of hydrogen-bond acceptors (Lipinski definition) is 6. The number of nitrogens with one attached hydrogen (secondary N) is 2. The van der Waals surface area contributed by atoms with Gasteiger partial charge in [-0.3, -0.25) is 14.6 Å². The molecule has 0 saturated heterocycles. The van der Waals surface area contributed by atoms with Crippen molar-refractivity contribution in [2.24, 2.45) is 0 Å². The predicted molar refractivity (Wildman–Crippen MR) is 127 cm³/mol. The van der Waals surface area contributed by atoms with Gasteiger partial charge in [0.1, 0.15) is 5.69 Å². The first-order chi connectivity index (χ1) is 16.5. The van der Waals surface area contributed by atoms with Crippen LogP contribution in [0.2, 0.25) is 5.15 Å². The van der Waals surface area contributed by atoms with Crippen molar-refractivity contribution in [1.29, 1.82) is 0 Å². The molecule has 10 heteroatoms. The van der Waals surface area contributed by atoms with Gasteiger partial charge >= 0.3 is 0 Å². The third-order valence-electron chi connectivity index (χ3n) is 6.12. The van der Waals surface area contributed by atoms with Crippen molar-refractivity contribution in [3.8, 4) is 11.5 Å². The molecule has 2 unspecified atom stereocenters. The summed E-state index contributed by atoms with van der Waals surface area (Å²) < 4.78 is 7.18. The van der Waals surface area contributed by atoms with E-state index in [9.17, 15) is 9.59 Å². The Hall–Kier alpha value is -3.72. The highest BCUT2D eigenvalue weighted by Crippen LogP contribution is 2.36. The number of imidazole rings is 1. The largest absolute Gasteiger partial charge is 0.355 e. The Morgan fingerprint density at radius 3 is 2.76 bits per heavy atom. The predicted octanol–water partition coefficient (Wildman–Crippen LogP) is 4.01. The molecule has 2 atom stereocenters. The van der Waals surface area contributed by atoms with Crippen molar-refractivity contribution in [3.05, 3.63) is 65.1 Å². The van der Waals surface area contributed by atoms with E-state index in [1.54, 1.807) is 25.4 Å². The van der Waals surface area contributed by atoms with E-state index in [2.05, 4.69) is 25.3 Å². The average Bonchev–Trinajstić information content (AvgIpc) is 3.47. The monoisotopic (exact) mass is 478 g/mol. The minimum atomic E-state index is -0.333. The molecule has 34 heavy (non-hydrogen) atoms. The van der Waals surface area contributed by atoms with Crippen LogP contribution in [0.5, 0.6) is 0 Å². The van der Waals surface area contributed by atoms with E-state index in [1.807, 2.05) is 24.3 Å². The first kappa shape index (κ1) is 22.1. The SMILES string of the molecule is CNC(=O)c1ccc2c(c1)nc(-c1ccccn1)n2C1CCCC(NC(=O)c2cc(Cl)no2)C1. The molecule has 9 nitrogen and oxygen atoms in total. The molecule has 0 aliphatic heterocycles. The number of carbonyl (C=O) groups is 2. The summed E-state index contributed by atoms with van der Waals surface area (Å²) in [4.78, 5) is 34.1. The standard InChI is InChI=1S/C24H23ClN6O3/c1-26-23(32)14-8-9-19-18(11-14)29-22(17-7-2-3-10-27-17)31(19)16-6-4-5-15(12-16)28-24(33)20-13-21(25)30-34-20/h2-3,7-11,13,15-16H,4-6,12H2,1H3,(H,26,32)(H,28,33). The van der Waals surface area contributed by atoms with Crippen molar-refractivity contribution in [2.75, 3.05) is 7.05 Å². The fraction of sp³-hybridized carbons (Fsp3) is 0.292. The summed E-state index contributed by atoms with van der Waals surface area (Å²) in [6.07, 6.45) is 5.18. The Morgan fingerprint density at radius 1 is 1.15 bits per heavy atom. The van der Waals surface area contributed by atoms with Crippen molar-refractivity contribution >= 4 is 34.4 Å². The molecule has 0 radical (unpaired) electrons. The molecule has 1 aromatic carbocycles. The van der Waals surface area contributed by atoms with Gasteiger partial charge in [0.25, 0.3) is 11.8 Å². The molecule has 1 aliphatic carbocycles. The Morgan fingerprint density at radius 2 is 2.03 bits per heavy atom. The van der Waals surface area contributed by atoms with E-state index in [-0.39, 0.29) is 34.8 Å². The molecular formula is C24H23ClN6O3. The van der Waals surface area contributed by atoms with Crippen LogP contribution >= 0.6 is 11.6 Å². The van der Waals surface area contributed by atoms with Gasteiger partial charge in [0.15, 0.2) is 11.0 Å². The van der Waals surface area contributed by atoms with Crippen LogP contribution in [0.3, 0.4) is 0 Å². The Kier molecular flexibility index (Phi) is 6.02. The van der Waals surface area contributed by atoms with Crippen molar-refractivity contribution in [3.63, 3.8) is 0 Å². The highest BCUT2D eigenvalue weighted by Gasteiger charge is 2.29. The first-order valence-corrected chi connectivity index (χ1v) is 11.5. The zero-order valence-electron chi connectivity index (χ0n) is 18.5. The quantitative estimate of drug-likeness (QED) is 0.447. The maximum atomic E-state index is 12.6. The Bertz CT molecular complexity index is 1350. The van der Waals surface area contributed by atoms with E-state index >= 15 is 0 Å². The summed E-state index contributed by atoms with van der Waals surface area (Å²) in [5.74, 6) is 0.337. The molecule has 0 spiro atoms.